The summed E-state index contributed by atoms with van der Waals surface area (Å²) in [6, 6.07) is 27.2. The third kappa shape index (κ3) is 9.34. The Kier molecular flexibility index (Phi) is 10.4. The van der Waals surface area contributed by atoms with E-state index in [2.05, 4.69) is 97.8 Å². The topological polar surface area (TPSA) is 38.0 Å². The summed E-state index contributed by atoms with van der Waals surface area (Å²) in [5.74, 6) is 0. The molecule has 3 aromatic carbocycles. The van der Waals surface area contributed by atoms with Gasteiger partial charge in [-0.15, -0.1) is 0 Å². The van der Waals surface area contributed by atoms with Gasteiger partial charge < -0.3 is 11.1 Å². The van der Waals surface area contributed by atoms with E-state index in [0.29, 0.717) is 0 Å². The van der Waals surface area contributed by atoms with Crippen LogP contribution in [0.3, 0.4) is 0 Å². The molecular formula is C23H26Br2N2. The Morgan fingerprint density at radius 1 is 0.630 bits per heavy atom. The van der Waals surface area contributed by atoms with E-state index in [4.69, 9.17) is 5.73 Å². The second kappa shape index (κ2) is 12.8. The van der Waals surface area contributed by atoms with Crippen molar-refractivity contribution in [2.24, 2.45) is 5.73 Å². The summed E-state index contributed by atoms with van der Waals surface area (Å²) in [5, 5.41) is 3.45. The fourth-order valence-electron chi connectivity index (χ4n) is 2.53. The average Bonchev–Trinajstić information content (AvgIpc) is 2.70. The molecule has 0 fully saturated rings. The molecule has 0 aliphatic rings. The lowest BCUT2D eigenvalue weighted by Gasteiger charge is -2.05. The smallest absolute Gasteiger partial charge is 0.0205 e. The third-order valence-corrected chi connectivity index (χ3v) is 5.08. The molecule has 0 saturated heterocycles. The molecule has 2 nitrogen and oxygen atoms in total. The predicted octanol–water partition coefficient (Wildman–Crippen LogP) is 5.73. The predicted molar refractivity (Wildman–Crippen MR) is 123 cm³/mol. The summed E-state index contributed by atoms with van der Waals surface area (Å²) in [4.78, 5) is 0. The zero-order valence-corrected chi connectivity index (χ0v) is 18.5. The van der Waals surface area contributed by atoms with Crippen LogP contribution in [-0.4, -0.2) is 13.1 Å². The minimum absolute atomic E-state index is 0.724. The molecule has 0 bridgehead atoms. The van der Waals surface area contributed by atoms with Gasteiger partial charge in [0.2, 0.25) is 0 Å². The van der Waals surface area contributed by atoms with E-state index in [1.807, 2.05) is 18.2 Å². The van der Waals surface area contributed by atoms with Crippen molar-refractivity contribution >= 4 is 31.9 Å². The maximum Gasteiger partial charge on any atom is 0.0205 e. The lowest BCUT2D eigenvalue weighted by atomic mass is 10.1. The quantitative estimate of drug-likeness (QED) is 0.416. The van der Waals surface area contributed by atoms with Gasteiger partial charge in [0.25, 0.3) is 0 Å². The van der Waals surface area contributed by atoms with Crippen LogP contribution in [0.1, 0.15) is 16.7 Å². The number of nitrogens with two attached hydrogens (primary N) is 1. The first-order valence-corrected chi connectivity index (χ1v) is 10.7. The average molecular weight is 490 g/mol. The van der Waals surface area contributed by atoms with Crippen molar-refractivity contribution in [1.82, 2.24) is 5.32 Å². The molecule has 142 valence electrons. The van der Waals surface area contributed by atoms with Crippen LogP contribution >= 0.6 is 31.9 Å². The highest BCUT2D eigenvalue weighted by Gasteiger charge is 1.94. The van der Waals surface area contributed by atoms with E-state index >= 15 is 0 Å². The van der Waals surface area contributed by atoms with Crippen molar-refractivity contribution in [2.45, 2.75) is 19.4 Å². The second-order valence-electron chi connectivity index (χ2n) is 6.20. The molecule has 0 radical (unpaired) electrons. The third-order valence-electron chi connectivity index (χ3n) is 4.02. The second-order valence-corrected chi connectivity index (χ2v) is 8.04. The minimum Gasteiger partial charge on any atom is -0.330 e. The monoisotopic (exact) mass is 488 g/mol. The molecule has 0 unspecified atom stereocenters. The first-order chi connectivity index (χ1) is 13.2. The van der Waals surface area contributed by atoms with Gasteiger partial charge in [-0.25, -0.2) is 0 Å². The van der Waals surface area contributed by atoms with Gasteiger partial charge in [-0.1, -0.05) is 86.5 Å². The number of nitrogens with one attached hydrogen (secondary N) is 1. The van der Waals surface area contributed by atoms with Gasteiger partial charge in [0.1, 0.15) is 0 Å². The van der Waals surface area contributed by atoms with Gasteiger partial charge in [-0.05, 0) is 66.9 Å². The van der Waals surface area contributed by atoms with E-state index in [0.717, 1.165) is 41.4 Å². The summed E-state index contributed by atoms with van der Waals surface area (Å²) in [6.07, 6.45) is 2.04. The lowest BCUT2D eigenvalue weighted by Crippen LogP contribution is -2.16. The number of rotatable bonds is 7. The Labute approximate surface area is 179 Å². The van der Waals surface area contributed by atoms with E-state index in [-0.39, 0.29) is 0 Å². The van der Waals surface area contributed by atoms with Crippen LogP contribution < -0.4 is 11.1 Å². The summed E-state index contributed by atoms with van der Waals surface area (Å²) in [5.41, 5.74) is 9.39. The van der Waals surface area contributed by atoms with Crippen LogP contribution in [0.15, 0.2) is 87.8 Å². The van der Waals surface area contributed by atoms with Crippen molar-refractivity contribution in [2.75, 3.05) is 13.1 Å². The van der Waals surface area contributed by atoms with Gasteiger partial charge in [-0.2, -0.15) is 0 Å². The molecular weight excluding hydrogens is 464 g/mol. The highest BCUT2D eigenvalue weighted by atomic mass is 79.9. The van der Waals surface area contributed by atoms with Crippen LogP contribution in [0.5, 0.6) is 0 Å². The maximum atomic E-state index is 5.39. The largest absolute Gasteiger partial charge is 0.330 e. The highest BCUT2D eigenvalue weighted by Crippen LogP contribution is 2.11. The fraction of sp³-hybridized carbons (Fsp3) is 0.217. The summed E-state index contributed by atoms with van der Waals surface area (Å²) >= 11 is 6.81. The van der Waals surface area contributed by atoms with Crippen LogP contribution in [0, 0.1) is 0 Å². The van der Waals surface area contributed by atoms with Crippen molar-refractivity contribution in [3.63, 3.8) is 0 Å². The molecule has 3 aromatic rings. The maximum absolute atomic E-state index is 5.39. The molecule has 0 saturated carbocycles. The molecule has 0 aliphatic carbocycles. The van der Waals surface area contributed by atoms with Gasteiger partial charge in [0.05, 0.1) is 0 Å². The van der Waals surface area contributed by atoms with E-state index in [1.165, 1.54) is 16.7 Å². The van der Waals surface area contributed by atoms with E-state index in [1.54, 1.807) is 0 Å². The molecule has 3 N–H and O–H groups in total. The Balaban J connectivity index is 0.000000223. The highest BCUT2D eigenvalue weighted by molar-refractivity contribution is 9.10. The first-order valence-electron chi connectivity index (χ1n) is 9.11. The fourth-order valence-corrected chi connectivity index (χ4v) is 3.06. The summed E-state index contributed by atoms with van der Waals surface area (Å²) in [6.45, 7) is 2.68. The molecule has 27 heavy (non-hydrogen) atoms. The lowest BCUT2D eigenvalue weighted by molar-refractivity contribution is 0.687. The van der Waals surface area contributed by atoms with Crippen LogP contribution in [-0.2, 0) is 19.4 Å². The number of benzene rings is 3. The standard InChI is InChI=1S/C15H16BrN.C8H10BrN/c16-15-8-6-13(7-9-15)10-11-17-12-14-4-2-1-3-5-14;9-8-3-1-7(2-4-8)5-6-10/h1-9,17H,10-12H2;1-4H,5-6,10H2. The number of hydrogen-bond donors (Lipinski definition) is 2. The van der Waals surface area contributed by atoms with Crippen molar-refractivity contribution in [3.05, 3.63) is 104 Å². The normalized spacial score (nSPS) is 10.2. The van der Waals surface area contributed by atoms with Crippen molar-refractivity contribution in [1.29, 1.82) is 0 Å². The van der Waals surface area contributed by atoms with Gasteiger partial charge in [-0.3, -0.25) is 0 Å². The van der Waals surface area contributed by atoms with E-state index < -0.39 is 0 Å². The first kappa shape index (κ1) is 21.8. The van der Waals surface area contributed by atoms with Gasteiger partial charge in [0, 0.05) is 15.5 Å². The molecule has 4 heteroatoms. The Hall–Kier alpha value is -1.46. The van der Waals surface area contributed by atoms with Crippen LogP contribution in [0.4, 0.5) is 0 Å². The summed E-state index contributed by atoms with van der Waals surface area (Å²) in [7, 11) is 0. The van der Waals surface area contributed by atoms with E-state index in [9.17, 15) is 0 Å². The molecule has 0 aromatic heterocycles. The molecule has 0 atom stereocenters. The Morgan fingerprint density at radius 3 is 1.67 bits per heavy atom. The zero-order chi connectivity index (χ0) is 19.3. The Bertz CT molecular complexity index is 757. The van der Waals surface area contributed by atoms with Gasteiger partial charge in [0.15, 0.2) is 0 Å². The van der Waals surface area contributed by atoms with Crippen LogP contribution in [0.25, 0.3) is 0 Å². The summed E-state index contributed by atoms with van der Waals surface area (Å²) < 4.78 is 2.26. The van der Waals surface area contributed by atoms with Crippen molar-refractivity contribution < 1.29 is 0 Å². The minimum atomic E-state index is 0.724. The SMILES string of the molecule is Brc1ccc(CCNCc2ccccc2)cc1.NCCc1ccc(Br)cc1. The number of halogens is 2. The molecule has 0 aliphatic heterocycles. The molecule has 0 spiro atoms. The Morgan fingerprint density at radius 2 is 1.15 bits per heavy atom. The molecule has 0 heterocycles. The molecule has 3 rings (SSSR count). The van der Waals surface area contributed by atoms with Gasteiger partial charge >= 0.3 is 0 Å². The number of hydrogen-bond acceptors (Lipinski definition) is 2. The zero-order valence-electron chi connectivity index (χ0n) is 15.4. The van der Waals surface area contributed by atoms with Crippen molar-refractivity contribution in [3.8, 4) is 0 Å². The molecule has 0 amide bonds. The van der Waals surface area contributed by atoms with Crippen LogP contribution in [0.2, 0.25) is 0 Å².